The molecule has 0 aliphatic carbocycles. The van der Waals surface area contributed by atoms with E-state index in [-0.39, 0.29) is 0 Å². The number of likely N-dealkylation sites (tertiary alicyclic amines) is 1. The molecule has 2 aliphatic heterocycles. The van der Waals surface area contributed by atoms with Crippen LogP contribution >= 0.6 is 0 Å². The molecule has 7 nitrogen and oxygen atoms in total. The van der Waals surface area contributed by atoms with E-state index in [0.29, 0.717) is 0 Å². The largest absolute Gasteiger partial charge is 0.356 e. The molecule has 2 atom stereocenters. The van der Waals surface area contributed by atoms with Gasteiger partial charge < -0.3 is 20.0 Å². The average Bonchev–Trinajstić information content (AvgIpc) is 2.68. The van der Waals surface area contributed by atoms with Crippen molar-refractivity contribution in [3.8, 4) is 0 Å². The third-order valence-corrected chi connectivity index (χ3v) is 5.50. The molecule has 1 aromatic heterocycles. The zero-order valence-corrected chi connectivity index (χ0v) is 17.1. The molecule has 2 unspecified atom stereocenters. The van der Waals surface area contributed by atoms with Crippen molar-refractivity contribution in [2.24, 2.45) is 16.8 Å². The first-order valence-corrected chi connectivity index (χ1v) is 10.4. The van der Waals surface area contributed by atoms with Crippen molar-refractivity contribution >= 4 is 11.9 Å². The minimum atomic E-state index is 0.824. The molecule has 0 bridgehead atoms. The number of hydrogen-bond donors (Lipinski definition) is 1. The lowest BCUT2D eigenvalue weighted by Gasteiger charge is -2.37. The predicted octanol–water partition coefficient (Wildman–Crippen LogP) is 1.54. The van der Waals surface area contributed by atoms with Gasteiger partial charge in [-0.3, -0.25) is 4.99 Å². The van der Waals surface area contributed by atoms with E-state index in [2.05, 4.69) is 48.8 Å². The molecule has 1 aromatic rings. The first-order chi connectivity index (χ1) is 13.2. The van der Waals surface area contributed by atoms with Crippen LogP contribution in [0.2, 0.25) is 0 Å². The first kappa shape index (κ1) is 19.9. The smallest absolute Gasteiger partial charge is 0.225 e. The molecule has 2 fully saturated rings. The van der Waals surface area contributed by atoms with Crippen molar-refractivity contribution in [3.05, 3.63) is 18.5 Å². The Morgan fingerprint density at radius 2 is 1.78 bits per heavy atom. The molecule has 7 heteroatoms. The Hall–Kier alpha value is -1.89. The zero-order chi connectivity index (χ0) is 19.1. The zero-order valence-electron chi connectivity index (χ0n) is 17.1. The number of nitrogens with zero attached hydrogens (tertiary/aromatic N) is 6. The van der Waals surface area contributed by atoms with Gasteiger partial charge in [0.2, 0.25) is 5.95 Å². The van der Waals surface area contributed by atoms with Gasteiger partial charge in [-0.25, -0.2) is 9.97 Å². The minimum absolute atomic E-state index is 0.824. The van der Waals surface area contributed by atoms with Gasteiger partial charge in [0.25, 0.3) is 0 Å². The van der Waals surface area contributed by atoms with E-state index in [9.17, 15) is 0 Å². The summed E-state index contributed by atoms with van der Waals surface area (Å²) >= 11 is 0. The van der Waals surface area contributed by atoms with Crippen LogP contribution in [0.5, 0.6) is 0 Å². The number of piperidine rings is 1. The summed E-state index contributed by atoms with van der Waals surface area (Å²) in [5.41, 5.74) is 0. The summed E-state index contributed by atoms with van der Waals surface area (Å²) in [5.74, 6) is 3.51. The highest BCUT2D eigenvalue weighted by Gasteiger charge is 2.22. The van der Waals surface area contributed by atoms with Gasteiger partial charge in [0.05, 0.1) is 0 Å². The highest BCUT2D eigenvalue weighted by atomic mass is 15.4. The minimum Gasteiger partial charge on any atom is -0.356 e. The van der Waals surface area contributed by atoms with Crippen molar-refractivity contribution < 1.29 is 0 Å². The molecule has 3 rings (SSSR count). The molecular formula is C20H35N7. The summed E-state index contributed by atoms with van der Waals surface area (Å²) in [5, 5.41) is 3.56. The van der Waals surface area contributed by atoms with Crippen LogP contribution in [0.3, 0.4) is 0 Å². The number of aromatic nitrogens is 2. The molecule has 0 amide bonds. The average molecular weight is 374 g/mol. The number of rotatable bonds is 5. The highest BCUT2D eigenvalue weighted by Crippen LogP contribution is 2.20. The lowest BCUT2D eigenvalue weighted by Crippen LogP contribution is -2.53. The third-order valence-electron chi connectivity index (χ3n) is 5.50. The molecular weight excluding hydrogens is 338 g/mol. The lowest BCUT2D eigenvalue weighted by atomic mass is 9.92. The van der Waals surface area contributed by atoms with Crippen LogP contribution in [0.15, 0.2) is 23.5 Å². The second-order valence-electron chi connectivity index (χ2n) is 8.06. The summed E-state index contributed by atoms with van der Waals surface area (Å²) < 4.78 is 0. The molecule has 0 radical (unpaired) electrons. The second-order valence-corrected chi connectivity index (χ2v) is 8.06. The Kier molecular flexibility index (Phi) is 7.26. The van der Waals surface area contributed by atoms with E-state index in [1.165, 1.54) is 26.1 Å². The Morgan fingerprint density at radius 1 is 1.11 bits per heavy atom. The summed E-state index contributed by atoms with van der Waals surface area (Å²) in [6.07, 6.45) is 6.15. The van der Waals surface area contributed by atoms with E-state index in [1.807, 2.05) is 13.1 Å². The highest BCUT2D eigenvalue weighted by molar-refractivity contribution is 5.80. The summed E-state index contributed by atoms with van der Waals surface area (Å²) in [4.78, 5) is 20.4. The number of guanidine groups is 1. The van der Waals surface area contributed by atoms with Crippen molar-refractivity contribution in [1.82, 2.24) is 25.1 Å². The van der Waals surface area contributed by atoms with E-state index in [0.717, 1.165) is 62.9 Å². The van der Waals surface area contributed by atoms with Crippen LogP contribution < -0.4 is 10.2 Å². The molecule has 2 saturated heterocycles. The Balaban J connectivity index is 1.37. The van der Waals surface area contributed by atoms with Gasteiger partial charge >= 0.3 is 0 Å². The molecule has 0 saturated carbocycles. The van der Waals surface area contributed by atoms with E-state index in [1.54, 1.807) is 12.4 Å². The van der Waals surface area contributed by atoms with Gasteiger partial charge in [-0.2, -0.15) is 0 Å². The fraction of sp³-hybridized carbons (Fsp3) is 0.750. The number of aliphatic imine (C=N–C) groups is 1. The number of nitrogens with one attached hydrogen (secondary N) is 1. The van der Waals surface area contributed by atoms with Crippen LogP contribution in [0.25, 0.3) is 0 Å². The molecule has 2 aliphatic rings. The number of anilines is 1. The normalized spacial score (nSPS) is 24.9. The lowest BCUT2D eigenvalue weighted by molar-refractivity contribution is 0.140. The van der Waals surface area contributed by atoms with Crippen molar-refractivity contribution in [2.75, 3.05) is 64.3 Å². The van der Waals surface area contributed by atoms with Gasteiger partial charge in [-0.05, 0) is 37.3 Å². The molecule has 150 valence electrons. The third kappa shape index (κ3) is 5.79. The molecule has 3 heterocycles. The van der Waals surface area contributed by atoms with E-state index >= 15 is 0 Å². The molecule has 0 spiro atoms. The fourth-order valence-electron chi connectivity index (χ4n) is 4.38. The van der Waals surface area contributed by atoms with Crippen molar-refractivity contribution in [3.63, 3.8) is 0 Å². The standard InChI is InChI=1S/C20H35N7/c1-17-14-18(2)16-25(15-17)9-5-8-22-19(21-3)26-10-12-27(13-11-26)20-23-6-4-7-24-20/h4,6-7,17-18H,5,8-16H2,1-3H3,(H,21,22). The quantitative estimate of drug-likeness (QED) is 0.480. The van der Waals surface area contributed by atoms with Crippen LogP contribution in [0, 0.1) is 11.8 Å². The monoisotopic (exact) mass is 373 g/mol. The summed E-state index contributed by atoms with van der Waals surface area (Å²) in [6.45, 7) is 13.2. The maximum absolute atomic E-state index is 4.49. The Bertz CT molecular complexity index is 573. The van der Waals surface area contributed by atoms with Gasteiger partial charge in [-0.1, -0.05) is 13.8 Å². The summed E-state index contributed by atoms with van der Waals surface area (Å²) in [6, 6.07) is 1.86. The maximum Gasteiger partial charge on any atom is 0.225 e. The van der Waals surface area contributed by atoms with Crippen LogP contribution in [0.1, 0.15) is 26.7 Å². The predicted molar refractivity (Wildman–Crippen MR) is 111 cm³/mol. The van der Waals surface area contributed by atoms with E-state index < -0.39 is 0 Å². The SMILES string of the molecule is CN=C(NCCCN1CC(C)CC(C)C1)N1CCN(c2ncccn2)CC1. The fourth-order valence-corrected chi connectivity index (χ4v) is 4.38. The molecule has 0 aromatic carbocycles. The Morgan fingerprint density at radius 3 is 2.41 bits per heavy atom. The first-order valence-electron chi connectivity index (χ1n) is 10.4. The maximum atomic E-state index is 4.49. The summed E-state index contributed by atoms with van der Waals surface area (Å²) in [7, 11) is 1.88. The van der Waals surface area contributed by atoms with Gasteiger partial charge in [0.15, 0.2) is 5.96 Å². The van der Waals surface area contributed by atoms with Crippen LogP contribution in [-0.2, 0) is 0 Å². The number of piperazine rings is 1. The van der Waals surface area contributed by atoms with Gasteiger partial charge in [0.1, 0.15) is 0 Å². The van der Waals surface area contributed by atoms with Crippen molar-refractivity contribution in [1.29, 1.82) is 0 Å². The topological polar surface area (TPSA) is 59.9 Å². The van der Waals surface area contributed by atoms with Crippen molar-refractivity contribution in [2.45, 2.75) is 26.7 Å². The van der Waals surface area contributed by atoms with E-state index in [4.69, 9.17) is 0 Å². The van der Waals surface area contributed by atoms with Gasteiger partial charge in [-0.15, -0.1) is 0 Å². The van der Waals surface area contributed by atoms with Crippen LogP contribution in [0.4, 0.5) is 5.95 Å². The van der Waals surface area contributed by atoms with Gasteiger partial charge in [0, 0.05) is 65.3 Å². The molecule has 27 heavy (non-hydrogen) atoms. The Labute approximate surface area is 163 Å². The molecule has 1 N–H and O–H groups in total. The van der Waals surface area contributed by atoms with Crippen LogP contribution in [-0.4, -0.2) is 85.1 Å². The second kappa shape index (κ2) is 9.88. The number of hydrogen-bond acceptors (Lipinski definition) is 5.